The maximum atomic E-state index is 6.21. The minimum Gasteiger partial charge on any atom is -0.362 e. The van der Waals surface area contributed by atoms with Crippen LogP contribution in [0.3, 0.4) is 0 Å². The van der Waals surface area contributed by atoms with E-state index in [2.05, 4.69) is 16.9 Å². The number of rotatable bonds is 3. The number of hydrogen-bond donors (Lipinski definition) is 1. The molecule has 0 spiro atoms. The second kappa shape index (κ2) is 4.30. The summed E-state index contributed by atoms with van der Waals surface area (Å²) in [6, 6.07) is 0.344. The maximum Gasteiger partial charge on any atom is 0.100 e. The van der Waals surface area contributed by atoms with Crippen molar-refractivity contribution in [3.05, 3.63) is 0 Å². The Bertz CT molecular complexity index is 219. The SMILES string of the molecule is CN1CCN=C1CC(N)C1CCCC1. The molecule has 0 aromatic heterocycles. The summed E-state index contributed by atoms with van der Waals surface area (Å²) in [7, 11) is 2.12. The molecule has 0 saturated heterocycles. The number of likely N-dealkylation sites (N-methyl/N-ethyl adjacent to an activating group) is 1. The molecule has 1 unspecified atom stereocenters. The first-order valence-corrected chi connectivity index (χ1v) is 5.77. The summed E-state index contributed by atoms with van der Waals surface area (Å²) in [6.07, 6.45) is 6.40. The molecule has 2 rings (SSSR count). The lowest BCUT2D eigenvalue weighted by atomic mass is 9.96. The van der Waals surface area contributed by atoms with E-state index in [-0.39, 0.29) is 0 Å². The third kappa shape index (κ3) is 2.08. The standard InChI is InChI=1S/C11H21N3/c1-14-7-6-13-11(14)8-10(12)9-4-2-3-5-9/h9-10H,2-8,12H2,1H3. The molecule has 3 nitrogen and oxygen atoms in total. The zero-order chi connectivity index (χ0) is 9.97. The zero-order valence-electron chi connectivity index (χ0n) is 9.08. The Balaban J connectivity index is 1.84. The minimum absolute atomic E-state index is 0.344. The van der Waals surface area contributed by atoms with Crippen molar-refractivity contribution in [1.82, 2.24) is 4.90 Å². The number of aliphatic imine (C=N–C) groups is 1. The van der Waals surface area contributed by atoms with Crippen molar-refractivity contribution in [3.63, 3.8) is 0 Å². The van der Waals surface area contributed by atoms with Crippen molar-refractivity contribution < 1.29 is 0 Å². The molecule has 1 heterocycles. The first-order chi connectivity index (χ1) is 6.77. The van der Waals surface area contributed by atoms with Gasteiger partial charge in [0.2, 0.25) is 0 Å². The van der Waals surface area contributed by atoms with Gasteiger partial charge in [-0.25, -0.2) is 0 Å². The van der Waals surface area contributed by atoms with Crippen molar-refractivity contribution in [2.75, 3.05) is 20.1 Å². The number of nitrogens with two attached hydrogens (primary N) is 1. The summed E-state index contributed by atoms with van der Waals surface area (Å²) in [4.78, 5) is 6.74. The molecule has 1 fully saturated rings. The van der Waals surface area contributed by atoms with E-state index in [1.54, 1.807) is 0 Å². The Morgan fingerprint density at radius 1 is 1.50 bits per heavy atom. The monoisotopic (exact) mass is 195 g/mol. The van der Waals surface area contributed by atoms with Gasteiger partial charge in [-0.2, -0.15) is 0 Å². The fourth-order valence-corrected chi connectivity index (χ4v) is 2.56. The van der Waals surface area contributed by atoms with Crippen LogP contribution in [-0.4, -0.2) is 36.9 Å². The molecule has 0 aromatic carbocycles. The van der Waals surface area contributed by atoms with E-state index in [0.717, 1.165) is 25.4 Å². The van der Waals surface area contributed by atoms with Gasteiger partial charge in [0, 0.05) is 26.1 Å². The summed E-state index contributed by atoms with van der Waals surface area (Å²) >= 11 is 0. The van der Waals surface area contributed by atoms with Crippen LogP contribution in [0.2, 0.25) is 0 Å². The average Bonchev–Trinajstić information content (AvgIpc) is 2.77. The molecule has 0 amide bonds. The lowest BCUT2D eigenvalue weighted by Gasteiger charge is -2.22. The van der Waals surface area contributed by atoms with E-state index < -0.39 is 0 Å². The number of nitrogens with zero attached hydrogens (tertiary/aromatic N) is 2. The van der Waals surface area contributed by atoms with Gasteiger partial charge in [-0.3, -0.25) is 4.99 Å². The predicted octanol–water partition coefficient (Wildman–Crippen LogP) is 1.24. The molecule has 14 heavy (non-hydrogen) atoms. The van der Waals surface area contributed by atoms with Gasteiger partial charge in [0.25, 0.3) is 0 Å². The fourth-order valence-electron chi connectivity index (χ4n) is 2.56. The largest absolute Gasteiger partial charge is 0.362 e. The molecule has 2 aliphatic rings. The highest BCUT2D eigenvalue weighted by Crippen LogP contribution is 2.28. The smallest absolute Gasteiger partial charge is 0.100 e. The van der Waals surface area contributed by atoms with E-state index >= 15 is 0 Å². The third-order valence-corrected chi connectivity index (χ3v) is 3.59. The topological polar surface area (TPSA) is 41.6 Å². The van der Waals surface area contributed by atoms with Gasteiger partial charge in [0.05, 0.1) is 6.54 Å². The predicted molar refractivity (Wildman–Crippen MR) is 59.5 cm³/mol. The van der Waals surface area contributed by atoms with E-state index in [4.69, 9.17) is 5.73 Å². The first-order valence-electron chi connectivity index (χ1n) is 5.77. The Kier molecular flexibility index (Phi) is 3.06. The van der Waals surface area contributed by atoms with Gasteiger partial charge >= 0.3 is 0 Å². The van der Waals surface area contributed by atoms with Crippen LogP contribution in [0, 0.1) is 5.92 Å². The zero-order valence-corrected chi connectivity index (χ0v) is 9.08. The third-order valence-electron chi connectivity index (χ3n) is 3.59. The van der Waals surface area contributed by atoms with Crippen LogP contribution < -0.4 is 5.73 Å². The molecule has 80 valence electrons. The van der Waals surface area contributed by atoms with Gasteiger partial charge < -0.3 is 10.6 Å². The van der Waals surface area contributed by atoms with Crippen molar-refractivity contribution >= 4 is 5.84 Å². The van der Waals surface area contributed by atoms with Crippen LogP contribution in [0.15, 0.2) is 4.99 Å². The highest BCUT2D eigenvalue weighted by Gasteiger charge is 2.25. The van der Waals surface area contributed by atoms with Gasteiger partial charge in [-0.1, -0.05) is 12.8 Å². The van der Waals surface area contributed by atoms with Crippen molar-refractivity contribution in [2.45, 2.75) is 38.1 Å². The maximum absolute atomic E-state index is 6.21. The second-order valence-corrected chi connectivity index (χ2v) is 4.63. The van der Waals surface area contributed by atoms with Crippen LogP contribution in [-0.2, 0) is 0 Å². The number of hydrogen-bond acceptors (Lipinski definition) is 3. The summed E-state index contributed by atoms with van der Waals surface area (Å²) in [6.45, 7) is 2.04. The summed E-state index contributed by atoms with van der Waals surface area (Å²) in [5.74, 6) is 1.98. The quantitative estimate of drug-likeness (QED) is 0.736. The molecule has 0 aromatic rings. The highest BCUT2D eigenvalue weighted by molar-refractivity contribution is 5.84. The van der Waals surface area contributed by atoms with Crippen LogP contribution in [0.4, 0.5) is 0 Å². The second-order valence-electron chi connectivity index (χ2n) is 4.63. The summed E-state index contributed by atoms with van der Waals surface area (Å²) in [5.41, 5.74) is 6.21. The fraction of sp³-hybridized carbons (Fsp3) is 0.909. The Labute approximate surface area is 86.4 Å². The average molecular weight is 195 g/mol. The Morgan fingerprint density at radius 2 is 2.21 bits per heavy atom. The van der Waals surface area contributed by atoms with Crippen LogP contribution in [0.5, 0.6) is 0 Å². The summed E-state index contributed by atoms with van der Waals surface area (Å²) in [5, 5.41) is 0. The van der Waals surface area contributed by atoms with Gasteiger partial charge in [0.15, 0.2) is 0 Å². The molecule has 2 N–H and O–H groups in total. The molecule has 1 saturated carbocycles. The number of amidine groups is 1. The molecule has 1 aliphatic heterocycles. The van der Waals surface area contributed by atoms with Gasteiger partial charge in [-0.05, 0) is 18.8 Å². The normalized spacial score (nSPS) is 25.6. The van der Waals surface area contributed by atoms with Crippen LogP contribution in [0.25, 0.3) is 0 Å². The van der Waals surface area contributed by atoms with E-state index in [1.807, 2.05) is 0 Å². The Hall–Kier alpha value is -0.570. The molecular weight excluding hydrogens is 174 g/mol. The minimum atomic E-state index is 0.344. The van der Waals surface area contributed by atoms with E-state index in [0.29, 0.717) is 6.04 Å². The van der Waals surface area contributed by atoms with Crippen LogP contribution >= 0.6 is 0 Å². The van der Waals surface area contributed by atoms with E-state index in [9.17, 15) is 0 Å². The van der Waals surface area contributed by atoms with Gasteiger partial charge in [-0.15, -0.1) is 0 Å². The van der Waals surface area contributed by atoms with Crippen molar-refractivity contribution in [2.24, 2.45) is 16.6 Å². The van der Waals surface area contributed by atoms with Crippen molar-refractivity contribution in [3.8, 4) is 0 Å². The van der Waals surface area contributed by atoms with E-state index in [1.165, 1.54) is 31.5 Å². The highest BCUT2D eigenvalue weighted by atomic mass is 15.2. The molecule has 3 heteroatoms. The summed E-state index contributed by atoms with van der Waals surface area (Å²) < 4.78 is 0. The molecule has 1 aliphatic carbocycles. The Morgan fingerprint density at radius 3 is 2.79 bits per heavy atom. The lowest BCUT2D eigenvalue weighted by Crippen LogP contribution is -2.35. The van der Waals surface area contributed by atoms with Crippen LogP contribution in [0.1, 0.15) is 32.1 Å². The molecule has 0 radical (unpaired) electrons. The van der Waals surface area contributed by atoms with Gasteiger partial charge in [0.1, 0.15) is 5.84 Å². The first kappa shape index (κ1) is 9.97. The molecule has 0 bridgehead atoms. The van der Waals surface area contributed by atoms with Crippen molar-refractivity contribution in [1.29, 1.82) is 0 Å². The molecular formula is C11H21N3. The lowest BCUT2D eigenvalue weighted by molar-refractivity contribution is 0.427. The molecule has 1 atom stereocenters.